The van der Waals surface area contributed by atoms with E-state index in [1.54, 1.807) is 55.6 Å². The van der Waals surface area contributed by atoms with Crippen LogP contribution in [0.15, 0.2) is 48.5 Å². The Bertz CT molecular complexity index is 655. The smallest absolute Gasteiger partial charge is 0.259 e. The number of amides is 1. The third-order valence-electron chi connectivity index (χ3n) is 2.95. The lowest BCUT2D eigenvalue weighted by Gasteiger charge is -2.18. The molecule has 0 spiro atoms. The lowest BCUT2D eigenvalue weighted by atomic mass is 10.1. The molecule has 2 N–H and O–H groups in total. The van der Waals surface area contributed by atoms with Crippen LogP contribution in [-0.2, 0) is 0 Å². The number of benzene rings is 2. The molecule has 0 aromatic heterocycles. The van der Waals surface area contributed by atoms with Crippen molar-refractivity contribution in [2.75, 3.05) is 11.9 Å². The van der Waals surface area contributed by atoms with Gasteiger partial charge in [-0.25, -0.2) is 0 Å². The zero-order valence-corrected chi connectivity index (χ0v) is 12.4. The van der Waals surface area contributed by atoms with Gasteiger partial charge >= 0.3 is 0 Å². The number of anilines is 1. The Labute approximate surface area is 128 Å². The van der Waals surface area contributed by atoms with Crippen molar-refractivity contribution in [3.8, 4) is 0 Å². The summed E-state index contributed by atoms with van der Waals surface area (Å²) in [7, 11) is 1.70. The van der Waals surface area contributed by atoms with E-state index >= 15 is 0 Å². The summed E-state index contributed by atoms with van der Waals surface area (Å²) in [5, 5.41) is 0.434. The Morgan fingerprint density at radius 1 is 1.15 bits per heavy atom. The van der Waals surface area contributed by atoms with Crippen LogP contribution in [0, 0.1) is 0 Å². The van der Waals surface area contributed by atoms with Crippen molar-refractivity contribution >= 4 is 40.4 Å². The summed E-state index contributed by atoms with van der Waals surface area (Å²) in [5.41, 5.74) is 7.52. The van der Waals surface area contributed by atoms with Crippen molar-refractivity contribution in [2.24, 2.45) is 5.73 Å². The van der Waals surface area contributed by atoms with Crippen LogP contribution >= 0.6 is 23.8 Å². The van der Waals surface area contributed by atoms with Crippen LogP contribution in [0.25, 0.3) is 0 Å². The van der Waals surface area contributed by atoms with Crippen molar-refractivity contribution in [1.29, 1.82) is 0 Å². The first-order valence-electron chi connectivity index (χ1n) is 5.93. The molecule has 0 saturated carbocycles. The second-order valence-corrected chi connectivity index (χ2v) is 5.10. The van der Waals surface area contributed by atoms with E-state index in [1.165, 1.54) is 4.90 Å². The normalized spacial score (nSPS) is 10.1. The molecule has 0 aliphatic heterocycles. The predicted octanol–water partition coefficient (Wildman–Crippen LogP) is 3.25. The van der Waals surface area contributed by atoms with Crippen LogP contribution in [-0.4, -0.2) is 17.9 Å². The van der Waals surface area contributed by atoms with E-state index in [-0.39, 0.29) is 5.91 Å². The molecule has 1 amide bonds. The average Bonchev–Trinajstić information content (AvgIpc) is 2.46. The number of thiocarbonyl (C=S) groups is 1. The largest absolute Gasteiger partial charge is 0.389 e. The number of nitrogens with zero attached hydrogens (tertiary/aromatic N) is 1. The molecule has 0 aliphatic carbocycles. The third kappa shape index (κ3) is 2.98. The number of nitrogens with two attached hydrogens (primary N) is 1. The first-order valence-corrected chi connectivity index (χ1v) is 6.72. The highest BCUT2D eigenvalue weighted by molar-refractivity contribution is 7.80. The maximum absolute atomic E-state index is 12.4. The predicted molar refractivity (Wildman–Crippen MR) is 86.5 cm³/mol. The first-order chi connectivity index (χ1) is 9.50. The van der Waals surface area contributed by atoms with Crippen molar-refractivity contribution < 1.29 is 4.79 Å². The van der Waals surface area contributed by atoms with Crippen molar-refractivity contribution in [3.05, 3.63) is 64.7 Å². The van der Waals surface area contributed by atoms with E-state index in [2.05, 4.69) is 0 Å². The Morgan fingerprint density at radius 3 is 2.30 bits per heavy atom. The monoisotopic (exact) mass is 304 g/mol. The number of carbonyl (C=O) groups is 1. The van der Waals surface area contributed by atoms with Gasteiger partial charge in [0.1, 0.15) is 4.99 Å². The van der Waals surface area contributed by atoms with E-state index in [0.29, 0.717) is 15.6 Å². The van der Waals surface area contributed by atoms with E-state index in [4.69, 9.17) is 29.6 Å². The molecular weight excluding hydrogens is 292 g/mol. The van der Waals surface area contributed by atoms with Crippen molar-refractivity contribution in [3.63, 3.8) is 0 Å². The maximum atomic E-state index is 12.4. The van der Waals surface area contributed by atoms with E-state index in [1.807, 2.05) is 0 Å². The Hall–Kier alpha value is -1.91. The van der Waals surface area contributed by atoms with Crippen LogP contribution in [0.4, 0.5) is 5.69 Å². The van der Waals surface area contributed by atoms with Crippen LogP contribution in [0.1, 0.15) is 15.9 Å². The minimum atomic E-state index is -0.168. The van der Waals surface area contributed by atoms with Gasteiger partial charge in [-0.2, -0.15) is 0 Å². The minimum absolute atomic E-state index is 0.168. The molecular formula is C15H13ClN2OS. The summed E-state index contributed by atoms with van der Waals surface area (Å²) in [6.07, 6.45) is 0. The molecule has 0 heterocycles. The van der Waals surface area contributed by atoms with E-state index < -0.39 is 0 Å². The van der Waals surface area contributed by atoms with Crippen LogP contribution in [0.5, 0.6) is 0 Å². The fourth-order valence-corrected chi connectivity index (χ4v) is 2.13. The molecule has 2 aromatic rings. The number of hydrogen-bond acceptors (Lipinski definition) is 2. The summed E-state index contributed by atoms with van der Waals surface area (Å²) in [5.74, 6) is -0.168. The van der Waals surface area contributed by atoms with Crippen molar-refractivity contribution in [2.45, 2.75) is 0 Å². The molecule has 5 heteroatoms. The van der Waals surface area contributed by atoms with E-state index in [9.17, 15) is 4.79 Å². The number of halogens is 1. The van der Waals surface area contributed by atoms with Crippen LogP contribution in [0.3, 0.4) is 0 Å². The zero-order chi connectivity index (χ0) is 14.7. The fraction of sp³-hybridized carbons (Fsp3) is 0.0667. The molecule has 102 valence electrons. The zero-order valence-electron chi connectivity index (χ0n) is 10.8. The van der Waals surface area contributed by atoms with Gasteiger partial charge in [0.25, 0.3) is 5.91 Å². The Balaban J connectivity index is 2.27. The standard InChI is InChI=1S/C15H13ClN2OS/c1-18(11-8-6-10(7-9-11)14(17)20)15(19)12-4-2-3-5-13(12)16/h2-9H,1H3,(H2,17,20). The molecule has 0 radical (unpaired) electrons. The van der Waals surface area contributed by atoms with Crippen LogP contribution < -0.4 is 10.6 Å². The van der Waals surface area contributed by atoms with Gasteiger partial charge in [-0.15, -0.1) is 0 Å². The van der Waals surface area contributed by atoms with Gasteiger partial charge in [0.15, 0.2) is 0 Å². The van der Waals surface area contributed by atoms with Gasteiger partial charge in [-0.05, 0) is 36.4 Å². The molecule has 20 heavy (non-hydrogen) atoms. The number of rotatable bonds is 3. The summed E-state index contributed by atoms with van der Waals surface area (Å²) < 4.78 is 0. The van der Waals surface area contributed by atoms with Gasteiger partial charge in [-0.1, -0.05) is 36.0 Å². The molecule has 2 rings (SSSR count). The first kappa shape index (κ1) is 14.5. The van der Waals surface area contributed by atoms with Gasteiger partial charge in [0, 0.05) is 18.3 Å². The third-order valence-corrected chi connectivity index (χ3v) is 3.51. The molecule has 0 aliphatic rings. The highest BCUT2D eigenvalue weighted by Gasteiger charge is 2.16. The fourth-order valence-electron chi connectivity index (χ4n) is 1.78. The highest BCUT2D eigenvalue weighted by atomic mass is 35.5. The van der Waals surface area contributed by atoms with Crippen LogP contribution in [0.2, 0.25) is 5.02 Å². The lowest BCUT2D eigenvalue weighted by Crippen LogP contribution is -2.26. The topological polar surface area (TPSA) is 46.3 Å². The molecule has 0 fully saturated rings. The summed E-state index contributed by atoms with van der Waals surface area (Å²) in [6, 6.07) is 14.1. The Morgan fingerprint density at radius 2 is 1.75 bits per heavy atom. The highest BCUT2D eigenvalue weighted by Crippen LogP contribution is 2.21. The number of hydrogen-bond donors (Lipinski definition) is 1. The second kappa shape index (κ2) is 6.03. The van der Waals surface area contributed by atoms with Gasteiger partial charge in [0.2, 0.25) is 0 Å². The summed E-state index contributed by atoms with van der Waals surface area (Å²) in [6.45, 7) is 0. The minimum Gasteiger partial charge on any atom is -0.389 e. The second-order valence-electron chi connectivity index (χ2n) is 4.26. The van der Waals surface area contributed by atoms with E-state index in [0.717, 1.165) is 11.3 Å². The van der Waals surface area contributed by atoms with Gasteiger partial charge in [0.05, 0.1) is 10.6 Å². The quantitative estimate of drug-likeness (QED) is 0.885. The lowest BCUT2D eigenvalue weighted by molar-refractivity contribution is 0.0993. The van der Waals surface area contributed by atoms with Gasteiger partial charge < -0.3 is 10.6 Å². The summed E-state index contributed by atoms with van der Waals surface area (Å²) >= 11 is 10.9. The number of carbonyl (C=O) groups excluding carboxylic acids is 1. The molecule has 0 saturated heterocycles. The Kier molecular flexibility index (Phi) is 4.37. The SMILES string of the molecule is CN(C(=O)c1ccccc1Cl)c1ccc(C(N)=S)cc1. The van der Waals surface area contributed by atoms with Crippen molar-refractivity contribution in [1.82, 2.24) is 0 Å². The molecule has 2 aromatic carbocycles. The summed E-state index contributed by atoms with van der Waals surface area (Å²) in [4.78, 5) is 14.2. The molecule has 0 atom stereocenters. The average molecular weight is 305 g/mol. The molecule has 0 bridgehead atoms. The van der Waals surface area contributed by atoms with Gasteiger partial charge in [-0.3, -0.25) is 4.79 Å². The molecule has 0 unspecified atom stereocenters. The molecule has 3 nitrogen and oxygen atoms in total. The maximum Gasteiger partial charge on any atom is 0.259 e.